The van der Waals surface area contributed by atoms with Crippen LogP contribution in [0, 0.1) is 18.3 Å². The summed E-state index contributed by atoms with van der Waals surface area (Å²) in [7, 11) is -2.21. The van der Waals surface area contributed by atoms with Crippen molar-refractivity contribution in [2.24, 2.45) is 7.05 Å². The molecule has 0 saturated heterocycles. The third-order valence-corrected chi connectivity index (χ3v) is 5.78. The molecule has 0 radical (unpaired) electrons. The van der Waals surface area contributed by atoms with Crippen LogP contribution in [-0.4, -0.2) is 33.0 Å². The molecule has 0 saturated carbocycles. The molecule has 0 amide bonds. The third-order valence-electron chi connectivity index (χ3n) is 4.45. The molecule has 0 fully saturated rings. The lowest BCUT2D eigenvalue weighted by Gasteiger charge is -2.13. The van der Waals surface area contributed by atoms with Crippen molar-refractivity contribution in [2.45, 2.75) is 11.8 Å². The molecule has 3 heterocycles. The highest BCUT2D eigenvalue weighted by molar-refractivity contribution is 7.92. The first-order valence-electron chi connectivity index (χ1n) is 8.47. The van der Waals surface area contributed by atoms with Gasteiger partial charge in [-0.3, -0.25) is 9.40 Å². The van der Waals surface area contributed by atoms with Crippen LogP contribution in [0.25, 0.3) is 16.7 Å². The predicted molar refractivity (Wildman–Crippen MR) is 107 cm³/mol. The second kappa shape index (κ2) is 6.61. The summed E-state index contributed by atoms with van der Waals surface area (Å²) >= 11 is 0. The summed E-state index contributed by atoms with van der Waals surface area (Å²) in [6.07, 6.45) is 2.61. The summed E-state index contributed by atoms with van der Waals surface area (Å²) in [5, 5.41) is 18.1. The number of nitrogens with one attached hydrogen (secondary N) is 1. The van der Waals surface area contributed by atoms with E-state index in [1.165, 1.54) is 23.1 Å². The smallest absolute Gasteiger partial charge is 0.263 e. The maximum absolute atomic E-state index is 13.0. The van der Waals surface area contributed by atoms with Gasteiger partial charge in [-0.2, -0.15) is 15.5 Å². The van der Waals surface area contributed by atoms with Crippen LogP contribution in [0.15, 0.2) is 47.6 Å². The lowest BCUT2D eigenvalue weighted by atomic mass is 10.2. The van der Waals surface area contributed by atoms with Crippen LogP contribution in [-0.2, 0) is 17.1 Å². The number of nitriles is 1. The Morgan fingerprint density at radius 2 is 2.00 bits per heavy atom. The van der Waals surface area contributed by atoms with E-state index in [9.17, 15) is 8.42 Å². The first kappa shape index (κ1) is 18.5. The first-order chi connectivity index (χ1) is 13.8. The number of nitrogens with zero attached hydrogens (tertiary/aromatic N) is 6. The summed E-state index contributed by atoms with van der Waals surface area (Å²) in [4.78, 5) is 4.23. The molecule has 0 atom stereocenters. The molecule has 3 aromatic heterocycles. The minimum absolute atomic E-state index is 0.00190. The van der Waals surface area contributed by atoms with E-state index >= 15 is 0 Å². The van der Waals surface area contributed by atoms with Crippen LogP contribution >= 0.6 is 0 Å². The van der Waals surface area contributed by atoms with Gasteiger partial charge in [0.2, 0.25) is 0 Å². The predicted octanol–water partition coefficient (Wildman–Crippen LogP) is 1.72. The Kier molecular flexibility index (Phi) is 4.20. The minimum atomic E-state index is -3.95. The van der Waals surface area contributed by atoms with Crippen molar-refractivity contribution in [3.05, 3.63) is 54.0 Å². The van der Waals surface area contributed by atoms with Crippen LogP contribution in [0.3, 0.4) is 0 Å². The number of para-hydroxylation sites is 2. The number of hydrogen-bond acceptors (Lipinski definition) is 7. The number of sulfonamides is 1. The highest BCUT2D eigenvalue weighted by Gasteiger charge is 2.20. The number of anilines is 2. The number of rotatable bonds is 4. The number of nitrogens with two attached hydrogens (primary N) is 1. The standard InChI is InChI=1S/C18H16N8O2S/c1-11-14-7-13(10-21-18(14)25(2)23-11)29(27,28)24-15-5-3-4-6-16(15)26-17(20)12(8-19)9-22-26/h3-7,9-10,24H,20H2,1-2H3. The molecule has 4 rings (SSSR count). The van der Waals surface area contributed by atoms with Crippen molar-refractivity contribution < 1.29 is 8.42 Å². The van der Waals surface area contributed by atoms with Crippen molar-refractivity contribution in [3.63, 3.8) is 0 Å². The van der Waals surface area contributed by atoms with Crippen LogP contribution in [0.1, 0.15) is 11.3 Å². The maximum atomic E-state index is 13.0. The van der Waals surface area contributed by atoms with Crippen molar-refractivity contribution in [3.8, 4) is 11.8 Å². The van der Waals surface area contributed by atoms with E-state index < -0.39 is 10.0 Å². The molecule has 0 bridgehead atoms. The lowest BCUT2D eigenvalue weighted by molar-refractivity contribution is 0.601. The van der Waals surface area contributed by atoms with Gasteiger partial charge in [0.1, 0.15) is 22.3 Å². The van der Waals surface area contributed by atoms with Gasteiger partial charge in [0.25, 0.3) is 10.0 Å². The Hall–Kier alpha value is -3.91. The molecular formula is C18H16N8O2S. The molecule has 0 aliphatic rings. The van der Waals surface area contributed by atoms with E-state index in [4.69, 9.17) is 11.0 Å². The van der Waals surface area contributed by atoms with Gasteiger partial charge < -0.3 is 5.73 Å². The monoisotopic (exact) mass is 408 g/mol. The van der Waals surface area contributed by atoms with E-state index in [0.29, 0.717) is 22.4 Å². The van der Waals surface area contributed by atoms with E-state index in [1.807, 2.05) is 6.07 Å². The topological polar surface area (TPSA) is 145 Å². The summed E-state index contributed by atoms with van der Waals surface area (Å²) in [5.41, 5.74) is 8.07. The molecule has 0 aliphatic heterocycles. The molecule has 3 N–H and O–H groups in total. The van der Waals surface area contributed by atoms with Crippen molar-refractivity contribution in [1.82, 2.24) is 24.5 Å². The van der Waals surface area contributed by atoms with Crippen molar-refractivity contribution >= 4 is 32.6 Å². The van der Waals surface area contributed by atoms with Gasteiger partial charge in [0.15, 0.2) is 5.65 Å². The van der Waals surface area contributed by atoms with Crippen LogP contribution < -0.4 is 10.5 Å². The van der Waals surface area contributed by atoms with Crippen LogP contribution in [0.2, 0.25) is 0 Å². The lowest BCUT2D eigenvalue weighted by Crippen LogP contribution is -2.16. The minimum Gasteiger partial charge on any atom is -0.382 e. The Balaban J connectivity index is 1.77. The molecule has 0 spiro atoms. The molecule has 11 heteroatoms. The number of nitrogen functional groups attached to an aromatic ring is 1. The largest absolute Gasteiger partial charge is 0.382 e. The Bertz CT molecular complexity index is 1400. The molecular weight excluding hydrogens is 392 g/mol. The molecule has 0 unspecified atom stereocenters. The fourth-order valence-corrected chi connectivity index (χ4v) is 4.06. The summed E-state index contributed by atoms with van der Waals surface area (Å²) < 4.78 is 31.5. The second-order valence-corrected chi connectivity index (χ2v) is 8.02. The highest BCUT2D eigenvalue weighted by atomic mass is 32.2. The summed E-state index contributed by atoms with van der Waals surface area (Å²) in [6.45, 7) is 1.79. The SMILES string of the molecule is Cc1nn(C)c2ncc(S(=O)(=O)Nc3ccccc3-n3ncc(C#N)c3N)cc12. The number of aromatic nitrogens is 5. The fraction of sp³-hybridized carbons (Fsp3) is 0.111. The Labute approximate surface area is 166 Å². The normalized spacial score (nSPS) is 11.5. The summed E-state index contributed by atoms with van der Waals surface area (Å²) in [5.74, 6) is 0.119. The van der Waals surface area contributed by atoms with E-state index in [2.05, 4.69) is 19.9 Å². The van der Waals surface area contributed by atoms with Gasteiger partial charge in [0, 0.05) is 18.6 Å². The number of benzene rings is 1. The summed E-state index contributed by atoms with van der Waals surface area (Å²) in [6, 6.07) is 10.1. The van der Waals surface area contributed by atoms with Gasteiger partial charge in [0.05, 0.1) is 23.3 Å². The third kappa shape index (κ3) is 3.05. The quantitative estimate of drug-likeness (QED) is 0.523. The number of fused-ring (bicyclic) bond motifs is 1. The number of hydrogen-bond donors (Lipinski definition) is 2. The molecule has 1 aromatic carbocycles. The molecule has 29 heavy (non-hydrogen) atoms. The fourth-order valence-electron chi connectivity index (χ4n) is 3.02. The van der Waals surface area contributed by atoms with Gasteiger partial charge in [-0.05, 0) is 25.1 Å². The first-order valence-corrected chi connectivity index (χ1v) is 9.95. The highest BCUT2D eigenvalue weighted by Crippen LogP contribution is 2.27. The van der Waals surface area contributed by atoms with Crippen molar-refractivity contribution in [2.75, 3.05) is 10.5 Å². The molecule has 4 aromatic rings. The average molecular weight is 408 g/mol. The molecule has 146 valence electrons. The Morgan fingerprint density at radius 1 is 1.24 bits per heavy atom. The zero-order chi connectivity index (χ0) is 20.8. The number of aryl methyl sites for hydroxylation is 2. The van der Waals surface area contributed by atoms with E-state index in [-0.39, 0.29) is 22.0 Å². The number of pyridine rings is 1. The van der Waals surface area contributed by atoms with Gasteiger partial charge in [-0.1, -0.05) is 12.1 Å². The van der Waals surface area contributed by atoms with Gasteiger partial charge >= 0.3 is 0 Å². The Morgan fingerprint density at radius 3 is 2.72 bits per heavy atom. The van der Waals surface area contributed by atoms with Crippen LogP contribution in [0.4, 0.5) is 11.5 Å². The van der Waals surface area contributed by atoms with E-state index in [0.717, 1.165) is 0 Å². The van der Waals surface area contributed by atoms with E-state index in [1.54, 1.807) is 42.9 Å². The maximum Gasteiger partial charge on any atom is 0.263 e. The van der Waals surface area contributed by atoms with Crippen LogP contribution in [0.5, 0.6) is 0 Å². The zero-order valence-electron chi connectivity index (χ0n) is 15.5. The van der Waals surface area contributed by atoms with Gasteiger partial charge in [-0.15, -0.1) is 0 Å². The average Bonchev–Trinajstić information content (AvgIpc) is 3.21. The van der Waals surface area contributed by atoms with Gasteiger partial charge in [-0.25, -0.2) is 18.1 Å². The van der Waals surface area contributed by atoms with Crippen molar-refractivity contribution in [1.29, 1.82) is 5.26 Å². The zero-order valence-corrected chi connectivity index (χ0v) is 16.3. The molecule has 10 nitrogen and oxygen atoms in total. The second-order valence-electron chi connectivity index (χ2n) is 6.34. The molecule has 0 aliphatic carbocycles.